The van der Waals surface area contributed by atoms with E-state index in [4.69, 9.17) is 14.2 Å². The van der Waals surface area contributed by atoms with E-state index in [2.05, 4.69) is 9.88 Å². The molecule has 0 radical (unpaired) electrons. The molecule has 0 amide bonds. The molecule has 2 heterocycles. The van der Waals surface area contributed by atoms with E-state index in [1.165, 1.54) is 12.0 Å². The molecule has 1 saturated carbocycles. The summed E-state index contributed by atoms with van der Waals surface area (Å²) in [6.45, 7) is 5.15. The maximum absolute atomic E-state index is 5.96. The predicted octanol–water partition coefficient (Wildman–Crippen LogP) is 1.72. The molecule has 0 bridgehead atoms. The zero-order chi connectivity index (χ0) is 15.2. The summed E-state index contributed by atoms with van der Waals surface area (Å²) in [5, 5.41) is 0. The molecule has 2 fully saturated rings. The molecule has 1 unspecified atom stereocenters. The van der Waals surface area contributed by atoms with Crippen LogP contribution in [0.2, 0.25) is 0 Å². The van der Waals surface area contributed by atoms with E-state index in [1.807, 2.05) is 24.5 Å². The fourth-order valence-corrected chi connectivity index (χ4v) is 3.57. The van der Waals surface area contributed by atoms with Crippen LogP contribution < -0.4 is 0 Å². The van der Waals surface area contributed by atoms with Crippen molar-refractivity contribution in [2.75, 3.05) is 40.0 Å². The SMILES string of the molecule is COCCN1CCO[C@@H]2CC(COCc3ccncc3)C[C@H]21. The molecule has 1 aliphatic heterocycles. The molecule has 122 valence electrons. The second kappa shape index (κ2) is 8.02. The van der Waals surface area contributed by atoms with Crippen LogP contribution in [0.4, 0.5) is 0 Å². The molecule has 0 spiro atoms. The van der Waals surface area contributed by atoms with Crippen LogP contribution in [-0.4, -0.2) is 62.0 Å². The Labute approximate surface area is 132 Å². The van der Waals surface area contributed by atoms with Gasteiger partial charge in [0.2, 0.25) is 0 Å². The highest BCUT2D eigenvalue weighted by Gasteiger charge is 2.40. The maximum Gasteiger partial charge on any atom is 0.0734 e. The Bertz CT molecular complexity index is 443. The molecule has 0 aromatic carbocycles. The minimum Gasteiger partial charge on any atom is -0.383 e. The molecule has 1 aromatic heterocycles. The predicted molar refractivity (Wildman–Crippen MR) is 83.6 cm³/mol. The van der Waals surface area contributed by atoms with Crippen LogP contribution in [0.25, 0.3) is 0 Å². The Balaban J connectivity index is 1.44. The third kappa shape index (κ3) is 4.04. The lowest BCUT2D eigenvalue weighted by Crippen LogP contribution is -2.49. The number of morpholine rings is 1. The van der Waals surface area contributed by atoms with Crippen molar-refractivity contribution in [1.29, 1.82) is 0 Å². The lowest BCUT2D eigenvalue weighted by molar-refractivity contribution is -0.0611. The number of nitrogens with zero attached hydrogens (tertiary/aromatic N) is 2. The topological polar surface area (TPSA) is 43.8 Å². The summed E-state index contributed by atoms with van der Waals surface area (Å²) in [5.41, 5.74) is 1.18. The van der Waals surface area contributed by atoms with Crippen molar-refractivity contribution >= 4 is 0 Å². The van der Waals surface area contributed by atoms with E-state index >= 15 is 0 Å². The van der Waals surface area contributed by atoms with E-state index in [0.29, 0.717) is 24.7 Å². The van der Waals surface area contributed by atoms with Crippen molar-refractivity contribution in [3.8, 4) is 0 Å². The highest BCUT2D eigenvalue weighted by atomic mass is 16.5. The third-order valence-electron chi connectivity index (χ3n) is 4.70. The van der Waals surface area contributed by atoms with Crippen molar-refractivity contribution in [1.82, 2.24) is 9.88 Å². The second-order valence-electron chi connectivity index (χ2n) is 6.21. The van der Waals surface area contributed by atoms with Gasteiger partial charge in [-0.25, -0.2) is 0 Å². The van der Waals surface area contributed by atoms with Gasteiger partial charge >= 0.3 is 0 Å². The Morgan fingerprint density at radius 1 is 1.32 bits per heavy atom. The van der Waals surface area contributed by atoms with Crippen molar-refractivity contribution in [2.24, 2.45) is 5.92 Å². The summed E-state index contributed by atoms with van der Waals surface area (Å²) in [7, 11) is 1.77. The number of aromatic nitrogens is 1. The lowest BCUT2D eigenvalue weighted by atomic mass is 10.1. The second-order valence-corrected chi connectivity index (χ2v) is 6.21. The number of pyridine rings is 1. The van der Waals surface area contributed by atoms with Crippen LogP contribution in [-0.2, 0) is 20.8 Å². The largest absolute Gasteiger partial charge is 0.383 e. The number of rotatable bonds is 7. The van der Waals surface area contributed by atoms with E-state index in [-0.39, 0.29) is 0 Å². The molecule has 22 heavy (non-hydrogen) atoms. The van der Waals surface area contributed by atoms with Gasteiger partial charge in [0.25, 0.3) is 0 Å². The molecule has 1 aliphatic carbocycles. The Hall–Kier alpha value is -1.01. The smallest absolute Gasteiger partial charge is 0.0734 e. The molecule has 3 atom stereocenters. The van der Waals surface area contributed by atoms with Crippen molar-refractivity contribution < 1.29 is 14.2 Å². The minimum atomic E-state index is 0.375. The quantitative estimate of drug-likeness (QED) is 0.767. The molecule has 2 aliphatic rings. The molecule has 1 saturated heterocycles. The monoisotopic (exact) mass is 306 g/mol. The normalized spacial score (nSPS) is 28.7. The molecule has 5 heteroatoms. The Kier molecular flexibility index (Phi) is 5.78. The number of methoxy groups -OCH3 is 1. The minimum absolute atomic E-state index is 0.375. The molecular formula is C17H26N2O3. The summed E-state index contributed by atoms with van der Waals surface area (Å²) < 4.78 is 17.1. The molecule has 0 N–H and O–H groups in total. The van der Waals surface area contributed by atoms with Gasteiger partial charge in [-0.05, 0) is 36.5 Å². The standard InChI is InChI=1S/C17H26N2O3/c1-20-8-6-19-7-9-22-17-11-15(10-16(17)19)13-21-12-14-2-4-18-5-3-14/h2-5,15-17H,6-13H2,1H3/t15?,16-,17-/m1/s1. The van der Waals surface area contributed by atoms with E-state index in [1.54, 1.807) is 7.11 Å². The first-order valence-electron chi connectivity index (χ1n) is 8.18. The van der Waals surface area contributed by atoms with Gasteiger partial charge in [-0.15, -0.1) is 0 Å². The molecular weight excluding hydrogens is 280 g/mol. The average molecular weight is 306 g/mol. The van der Waals surface area contributed by atoms with Gasteiger partial charge in [-0.2, -0.15) is 0 Å². The number of hydrogen-bond donors (Lipinski definition) is 0. The highest BCUT2D eigenvalue weighted by molar-refractivity contribution is 5.07. The van der Waals surface area contributed by atoms with Crippen LogP contribution in [0.5, 0.6) is 0 Å². The molecule has 3 rings (SSSR count). The first-order chi connectivity index (χ1) is 10.9. The van der Waals surface area contributed by atoms with Crippen molar-refractivity contribution in [3.63, 3.8) is 0 Å². The van der Waals surface area contributed by atoms with E-state index in [0.717, 1.165) is 39.3 Å². The summed E-state index contributed by atoms with van der Waals surface area (Å²) in [6.07, 6.45) is 6.28. The first kappa shape index (κ1) is 15.9. The van der Waals surface area contributed by atoms with Gasteiger partial charge in [0.15, 0.2) is 0 Å². The van der Waals surface area contributed by atoms with E-state index in [9.17, 15) is 0 Å². The molecule has 1 aromatic rings. The molecule has 5 nitrogen and oxygen atoms in total. The number of fused-ring (bicyclic) bond motifs is 1. The summed E-state index contributed by atoms with van der Waals surface area (Å²) in [4.78, 5) is 6.55. The zero-order valence-corrected chi connectivity index (χ0v) is 13.3. The van der Waals surface area contributed by atoms with E-state index < -0.39 is 0 Å². The van der Waals surface area contributed by atoms with Crippen molar-refractivity contribution in [2.45, 2.75) is 31.6 Å². The summed E-state index contributed by atoms with van der Waals surface area (Å²) >= 11 is 0. The first-order valence-corrected chi connectivity index (χ1v) is 8.18. The van der Waals surface area contributed by atoms with Gasteiger partial charge < -0.3 is 14.2 Å². The van der Waals surface area contributed by atoms with Gasteiger partial charge in [-0.3, -0.25) is 9.88 Å². The van der Waals surface area contributed by atoms with Crippen LogP contribution in [0.3, 0.4) is 0 Å². The third-order valence-corrected chi connectivity index (χ3v) is 4.70. The van der Waals surface area contributed by atoms with Crippen LogP contribution >= 0.6 is 0 Å². The van der Waals surface area contributed by atoms with Gasteiger partial charge in [0, 0.05) is 45.2 Å². The summed E-state index contributed by atoms with van der Waals surface area (Å²) in [5.74, 6) is 0.597. The maximum atomic E-state index is 5.96. The highest BCUT2D eigenvalue weighted by Crippen LogP contribution is 2.34. The fourth-order valence-electron chi connectivity index (χ4n) is 3.57. The van der Waals surface area contributed by atoms with Crippen molar-refractivity contribution in [3.05, 3.63) is 30.1 Å². The Morgan fingerprint density at radius 2 is 2.18 bits per heavy atom. The zero-order valence-electron chi connectivity index (χ0n) is 13.3. The average Bonchev–Trinajstić information content (AvgIpc) is 2.97. The van der Waals surface area contributed by atoms with Gasteiger partial charge in [0.05, 0.1) is 25.9 Å². The van der Waals surface area contributed by atoms with Crippen LogP contribution in [0, 0.1) is 5.92 Å². The number of ether oxygens (including phenoxy) is 3. The Morgan fingerprint density at radius 3 is 3.00 bits per heavy atom. The number of hydrogen-bond acceptors (Lipinski definition) is 5. The van der Waals surface area contributed by atoms with Crippen LogP contribution in [0.1, 0.15) is 18.4 Å². The lowest BCUT2D eigenvalue weighted by Gasteiger charge is -2.37. The van der Waals surface area contributed by atoms with Crippen LogP contribution in [0.15, 0.2) is 24.5 Å². The fraction of sp³-hybridized carbons (Fsp3) is 0.706. The summed E-state index contributed by atoms with van der Waals surface area (Å²) in [6, 6.07) is 4.55. The van der Waals surface area contributed by atoms with Gasteiger partial charge in [0.1, 0.15) is 0 Å². The van der Waals surface area contributed by atoms with Gasteiger partial charge in [-0.1, -0.05) is 0 Å².